The van der Waals surface area contributed by atoms with Crippen molar-refractivity contribution in [3.05, 3.63) is 83.7 Å². The molecule has 6 nitrogen and oxygen atoms in total. The molecule has 0 saturated carbocycles. The van der Waals surface area contributed by atoms with E-state index < -0.39 is 5.97 Å². The molecule has 28 heavy (non-hydrogen) atoms. The maximum atomic E-state index is 12.4. The van der Waals surface area contributed by atoms with E-state index in [0.29, 0.717) is 16.8 Å². The van der Waals surface area contributed by atoms with Gasteiger partial charge in [-0.25, -0.2) is 4.79 Å². The largest absolute Gasteiger partial charge is 0.454 e. The highest BCUT2D eigenvalue weighted by Gasteiger charge is 2.27. The van der Waals surface area contributed by atoms with Crippen molar-refractivity contribution < 1.29 is 19.1 Å². The quantitative estimate of drug-likeness (QED) is 0.547. The van der Waals surface area contributed by atoms with E-state index >= 15 is 0 Å². The predicted molar refractivity (Wildman–Crippen MR) is 104 cm³/mol. The molecular weight excluding hydrogens is 356 g/mol. The summed E-state index contributed by atoms with van der Waals surface area (Å²) in [6.45, 7) is 1.43. The van der Waals surface area contributed by atoms with Crippen LogP contribution in [-0.4, -0.2) is 28.8 Å². The number of nitrogens with zero attached hydrogens (tertiary/aromatic N) is 1. The number of nitrogens with one attached hydrogen (secondary N) is 1. The van der Waals surface area contributed by atoms with Crippen LogP contribution in [0.1, 0.15) is 39.1 Å². The topological polar surface area (TPSA) is 77.4 Å². The van der Waals surface area contributed by atoms with Crippen molar-refractivity contribution in [3.8, 4) is 5.69 Å². The Morgan fingerprint density at radius 1 is 1.04 bits per heavy atom. The third-order valence-electron chi connectivity index (χ3n) is 4.83. The number of ketones is 1. The number of carbonyl (C=O) groups is 3. The molecule has 0 bridgehead atoms. The second-order valence-electron chi connectivity index (χ2n) is 6.65. The first-order valence-corrected chi connectivity index (χ1v) is 8.91. The summed E-state index contributed by atoms with van der Waals surface area (Å²) >= 11 is 0. The van der Waals surface area contributed by atoms with E-state index in [1.165, 1.54) is 0 Å². The third-order valence-corrected chi connectivity index (χ3v) is 4.83. The van der Waals surface area contributed by atoms with Crippen LogP contribution in [0.4, 0.5) is 5.69 Å². The summed E-state index contributed by atoms with van der Waals surface area (Å²) in [7, 11) is 0. The highest BCUT2D eigenvalue weighted by Crippen LogP contribution is 2.32. The zero-order valence-electron chi connectivity index (χ0n) is 15.2. The minimum Gasteiger partial charge on any atom is -0.454 e. The van der Waals surface area contributed by atoms with E-state index in [9.17, 15) is 14.4 Å². The first-order chi connectivity index (χ1) is 13.5. The van der Waals surface area contributed by atoms with Gasteiger partial charge in [0.15, 0.2) is 12.4 Å². The van der Waals surface area contributed by atoms with E-state index in [2.05, 4.69) is 5.32 Å². The number of hydrogen-bond donors (Lipinski definition) is 1. The van der Waals surface area contributed by atoms with Crippen molar-refractivity contribution in [2.75, 3.05) is 11.9 Å². The minimum atomic E-state index is -0.557. The van der Waals surface area contributed by atoms with Gasteiger partial charge in [-0.1, -0.05) is 0 Å². The van der Waals surface area contributed by atoms with Crippen molar-refractivity contribution in [1.29, 1.82) is 0 Å². The Hall–Kier alpha value is -3.67. The van der Waals surface area contributed by atoms with E-state index in [4.69, 9.17) is 4.74 Å². The molecule has 140 valence electrons. The number of Topliss-reactive ketones (excluding diaryl/α,β-unsaturated/α-hetero) is 1. The molecule has 0 unspecified atom stereocenters. The number of anilines is 1. The second-order valence-corrected chi connectivity index (χ2v) is 6.65. The summed E-state index contributed by atoms with van der Waals surface area (Å²) in [4.78, 5) is 36.3. The normalized spacial score (nSPS) is 15.0. The summed E-state index contributed by atoms with van der Waals surface area (Å²) in [6.07, 6.45) is 3.82. The fourth-order valence-electron chi connectivity index (χ4n) is 3.16. The molecule has 4 rings (SSSR count). The van der Waals surface area contributed by atoms with Gasteiger partial charge in [-0.15, -0.1) is 0 Å². The van der Waals surface area contributed by atoms with Gasteiger partial charge in [0.1, 0.15) is 0 Å². The highest BCUT2D eigenvalue weighted by atomic mass is 16.5. The Labute approximate surface area is 161 Å². The number of benzene rings is 2. The Balaban J connectivity index is 1.40. The van der Waals surface area contributed by atoms with Gasteiger partial charge < -0.3 is 14.6 Å². The number of hydrogen-bond acceptors (Lipinski definition) is 4. The SMILES string of the molecule is C[C@H]1C(=O)Nc2ccc(C(=O)COC(=O)c3ccc(-n4cccc4)cc3)cc21. The average Bonchev–Trinajstić information content (AvgIpc) is 3.35. The Morgan fingerprint density at radius 3 is 2.43 bits per heavy atom. The van der Waals surface area contributed by atoms with Crippen LogP contribution in [0.3, 0.4) is 0 Å². The van der Waals surface area contributed by atoms with Crippen LogP contribution in [0.2, 0.25) is 0 Å². The summed E-state index contributed by atoms with van der Waals surface area (Å²) in [5, 5.41) is 2.76. The smallest absolute Gasteiger partial charge is 0.338 e. The van der Waals surface area contributed by atoms with E-state index in [1.54, 1.807) is 37.3 Å². The highest BCUT2D eigenvalue weighted by molar-refractivity contribution is 6.05. The molecule has 0 fully saturated rings. The molecule has 0 radical (unpaired) electrons. The van der Waals surface area contributed by atoms with Gasteiger partial charge in [-0.05, 0) is 67.1 Å². The Kier molecular flexibility index (Phi) is 4.53. The Morgan fingerprint density at radius 2 is 1.71 bits per heavy atom. The standard InChI is InChI=1S/C22H18N2O4/c1-14-18-12-16(6-9-19(18)23-21(14)26)20(25)13-28-22(27)15-4-7-17(8-5-15)24-10-2-3-11-24/h2-12,14H,13H2,1H3,(H,23,26)/t14-/m1/s1. The van der Waals surface area contributed by atoms with Gasteiger partial charge in [-0.3, -0.25) is 9.59 Å². The maximum Gasteiger partial charge on any atom is 0.338 e. The van der Waals surface area contributed by atoms with Gasteiger partial charge >= 0.3 is 5.97 Å². The summed E-state index contributed by atoms with van der Waals surface area (Å²) in [5.41, 5.74) is 3.21. The van der Waals surface area contributed by atoms with Gasteiger partial charge in [-0.2, -0.15) is 0 Å². The van der Waals surface area contributed by atoms with E-state index in [-0.39, 0.29) is 24.2 Å². The maximum absolute atomic E-state index is 12.4. The number of aromatic nitrogens is 1. The number of ether oxygens (including phenoxy) is 1. The Bertz CT molecular complexity index is 1050. The first-order valence-electron chi connectivity index (χ1n) is 8.91. The van der Waals surface area contributed by atoms with Gasteiger partial charge in [0.2, 0.25) is 5.91 Å². The molecule has 1 amide bonds. The number of esters is 1. The van der Waals surface area contributed by atoms with E-state index in [1.807, 2.05) is 41.2 Å². The van der Waals surface area contributed by atoms with Crippen molar-refractivity contribution in [3.63, 3.8) is 0 Å². The molecule has 0 saturated heterocycles. The predicted octanol–water partition coefficient (Wildman–Crippen LogP) is 3.57. The summed E-state index contributed by atoms with van der Waals surface area (Å²) in [5.74, 6) is -1.26. The second kappa shape index (κ2) is 7.15. The monoisotopic (exact) mass is 374 g/mol. The lowest BCUT2D eigenvalue weighted by Crippen LogP contribution is -2.14. The molecule has 1 aliphatic heterocycles. The fourth-order valence-corrected chi connectivity index (χ4v) is 3.16. The molecule has 3 aromatic rings. The van der Waals surface area contributed by atoms with Crippen molar-refractivity contribution in [2.45, 2.75) is 12.8 Å². The van der Waals surface area contributed by atoms with Crippen LogP contribution in [0, 0.1) is 0 Å². The summed E-state index contributed by atoms with van der Waals surface area (Å²) in [6, 6.07) is 15.8. The lowest BCUT2D eigenvalue weighted by Gasteiger charge is -2.08. The molecule has 1 N–H and O–H groups in total. The van der Waals surface area contributed by atoms with Crippen molar-refractivity contribution in [1.82, 2.24) is 4.57 Å². The van der Waals surface area contributed by atoms with E-state index in [0.717, 1.165) is 11.3 Å². The molecule has 6 heteroatoms. The first kappa shape index (κ1) is 17.7. The molecule has 1 atom stereocenters. The minimum absolute atomic E-state index is 0.0885. The number of fused-ring (bicyclic) bond motifs is 1. The van der Waals surface area contributed by atoms with Gasteiger partial charge in [0.25, 0.3) is 0 Å². The zero-order chi connectivity index (χ0) is 19.7. The molecule has 2 aromatic carbocycles. The number of carbonyl (C=O) groups excluding carboxylic acids is 3. The summed E-state index contributed by atoms with van der Waals surface area (Å²) < 4.78 is 7.09. The average molecular weight is 374 g/mol. The molecule has 1 aromatic heterocycles. The molecule has 0 spiro atoms. The molecule has 2 heterocycles. The van der Waals surface area contributed by atoms with Crippen molar-refractivity contribution >= 4 is 23.3 Å². The molecule has 0 aliphatic carbocycles. The fraction of sp³-hybridized carbons (Fsp3) is 0.136. The number of rotatable bonds is 5. The van der Waals surface area contributed by atoms with Gasteiger partial charge in [0, 0.05) is 29.3 Å². The lowest BCUT2D eigenvalue weighted by atomic mass is 9.99. The van der Waals surface area contributed by atoms with Crippen LogP contribution >= 0.6 is 0 Å². The molecule has 1 aliphatic rings. The van der Waals surface area contributed by atoms with Crippen LogP contribution in [0.15, 0.2) is 67.0 Å². The van der Waals surface area contributed by atoms with Crippen LogP contribution in [-0.2, 0) is 9.53 Å². The van der Waals surface area contributed by atoms with Crippen LogP contribution in [0.5, 0.6) is 0 Å². The van der Waals surface area contributed by atoms with Gasteiger partial charge in [0.05, 0.1) is 11.5 Å². The molecular formula is C22H18N2O4. The van der Waals surface area contributed by atoms with Crippen LogP contribution in [0.25, 0.3) is 5.69 Å². The lowest BCUT2D eigenvalue weighted by molar-refractivity contribution is -0.116. The zero-order valence-corrected chi connectivity index (χ0v) is 15.2. The van der Waals surface area contributed by atoms with Crippen LogP contribution < -0.4 is 5.32 Å². The van der Waals surface area contributed by atoms with Crippen molar-refractivity contribution in [2.24, 2.45) is 0 Å². The number of amides is 1. The third kappa shape index (κ3) is 3.32.